The number of halogens is 1. The molecule has 0 aromatic carbocycles. The van der Waals surface area contributed by atoms with E-state index in [-0.39, 0.29) is 5.69 Å². The maximum atomic E-state index is 11.4. The average Bonchev–Trinajstić information content (AvgIpc) is 2.19. The Hall–Kier alpha value is -0.640. The first kappa shape index (κ1) is 11.4. The monoisotopic (exact) mass is 258 g/mol. The highest BCUT2D eigenvalue weighted by molar-refractivity contribution is 9.09. The second-order valence-electron chi connectivity index (χ2n) is 3.49. The Balaban J connectivity index is 2.85. The number of rotatable bonds is 4. The summed E-state index contributed by atoms with van der Waals surface area (Å²) >= 11 is 3.44. The molecule has 0 fully saturated rings. The Kier molecular flexibility index (Phi) is 4.32. The van der Waals surface area contributed by atoms with Gasteiger partial charge in [0.2, 0.25) is 0 Å². The van der Waals surface area contributed by atoms with Crippen LogP contribution in [0.15, 0.2) is 17.2 Å². The Bertz CT molecular complexity index is 344. The van der Waals surface area contributed by atoms with E-state index < -0.39 is 0 Å². The van der Waals surface area contributed by atoms with E-state index >= 15 is 0 Å². The molecule has 0 saturated carbocycles. The summed E-state index contributed by atoms with van der Waals surface area (Å²) in [5.41, 5.74) is 0.865. The van der Waals surface area contributed by atoms with E-state index in [9.17, 15) is 4.79 Å². The second kappa shape index (κ2) is 5.29. The van der Waals surface area contributed by atoms with Gasteiger partial charge in [0.1, 0.15) is 0 Å². The standard InChI is InChI=1S/C10H15BrN2O/c1-3-9(4-11)7-13-6-8(2)5-12-10(13)14/h5-6,9H,3-4,7H2,1-2H3. The van der Waals surface area contributed by atoms with Crippen molar-refractivity contribution in [3.8, 4) is 0 Å². The van der Waals surface area contributed by atoms with Crippen LogP contribution in [-0.4, -0.2) is 14.9 Å². The molecule has 0 bridgehead atoms. The zero-order chi connectivity index (χ0) is 10.6. The number of aryl methyl sites for hydroxylation is 1. The van der Waals surface area contributed by atoms with Crippen molar-refractivity contribution < 1.29 is 0 Å². The van der Waals surface area contributed by atoms with Gasteiger partial charge in [-0.3, -0.25) is 4.57 Å². The maximum Gasteiger partial charge on any atom is 0.347 e. The lowest BCUT2D eigenvalue weighted by Crippen LogP contribution is -2.26. The van der Waals surface area contributed by atoms with Crippen molar-refractivity contribution in [3.63, 3.8) is 0 Å². The molecule has 1 atom stereocenters. The maximum absolute atomic E-state index is 11.4. The lowest BCUT2D eigenvalue weighted by Gasteiger charge is -2.12. The van der Waals surface area contributed by atoms with Gasteiger partial charge >= 0.3 is 5.69 Å². The summed E-state index contributed by atoms with van der Waals surface area (Å²) in [4.78, 5) is 15.2. The third-order valence-electron chi connectivity index (χ3n) is 2.23. The van der Waals surface area contributed by atoms with Gasteiger partial charge in [0, 0.05) is 24.3 Å². The lowest BCUT2D eigenvalue weighted by atomic mass is 10.1. The van der Waals surface area contributed by atoms with Gasteiger partial charge in [-0.1, -0.05) is 29.3 Å². The van der Waals surface area contributed by atoms with Gasteiger partial charge in [-0.05, 0) is 18.4 Å². The minimum atomic E-state index is -0.157. The molecular weight excluding hydrogens is 244 g/mol. The fourth-order valence-electron chi connectivity index (χ4n) is 1.26. The zero-order valence-electron chi connectivity index (χ0n) is 8.53. The molecule has 1 unspecified atom stereocenters. The molecule has 1 aromatic rings. The van der Waals surface area contributed by atoms with E-state index in [0.717, 1.165) is 23.9 Å². The smallest absolute Gasteiger partial charge is 0.299 e. The van der Waals surface area contributed by atoms with Gasteiger partial charge in [-0.25, -0.2) is 9.78 Å². The van der Waals surface area contributed by atoms with Crippen LogP contribution < -0.4 is 5.69 Å². The fourth-order valence-corrected chi connectivity index (χ4v) is 1.92. The highest BCUT2D eigenvalue weighted by atomic mass is 79.9. The molecular formula is C10H15BrN2O. The van der Waals surface area contributed by atoms with E-state index in [1.807, 2.05) is 13.1 Å². The Labute approximate surface area is 92.3 Å². The quantitative estimate of drug-likeness (QED) is 0.775. The van der Waals surface area contributed by atoms with E-state index in [1.165, 1.54) is 0 Å². The van der Waals surface area contributed by atoms with Crippen molar-refractivity contribution in [2.45, 2.75) is 26.8 Å². The van der Waals surface area contributed by atoms with Crippen molar-refractivity contribution in [1.82, 2.24) is 9.55 Å². The summed E-state index contributed by atoms with van der Waals surface area (Å²) in [5, 5.41) is 0.921. The third kappa shape index (κ3) is 2.94. The van der Waals surface area contributed by atoms with Gasteiger partial charge in [0.25, 0.3) is 0 Å². The third-order valence-corrected chi connectivity index (χ3v) is 3.15. The molecule has 0 N–H and O–H groups in total. The van der Waals surface area contributed by atoms with Crippen LogP contribution >= 0.6 is 15.9 Å². The van der Waals surface area contributed by atoms with Gasteiger partial charge in [0.05, 0.1) is 0 Å². The number of aromatic nitrogens is 2. The Morgan fingerprint density at radius 2 is 2.36 bits per heavy atom. The largest absolute Gasteiger partial charge is 0.347 e. The van der Waals surface area contributed by atoms with Crippen molar-refractivity contribution in [1.29, 1.82) is 0 Å². The molecule has 1 heterocycles. The van der Waals surface area contributed by atoms with Crippen LogP contribution in [0.1, 0.15) is 18.9 Å². The molecule has 78 valence electrons. The topological polar surface area (TPSA) is 34.9 Å². The van der Waals surface area contributed by atoms with Gasteiger partial charge in [-0.2, -0.15) is 0 Å². The summed E-state index contributed by atoms with van der Waals surface area (Å²) in [6.45, 7) is 4.81. The Morgan fingerprint density at radius 3 is 2.93 bits per heavy atom. The molecule has 0 spiro atoms. The zero-order valence-corrected chi connectivity index (χ0v) is 10.1. The normalized spacial score (nSPS) is 12.8. The summed E-state index contributed by atoms with van der Waals surface area (Å²) in [7, 11) is 0. The summed E-state index contributed by atoms with van der Waals surface area (Å²) < 4.78 is 1.69. The first-order valence-electron chi connectivity index (χ1n) is 4.76. The molecule has 1 aromatic heterocycles. The van der Waals surface area contributed by atoms with Gasteiger partial charge < -0.3 is 0 Å². The number of hydrogen-bond acceptors (Lipinski definition) is 2. The Morgan fingerprint density at radius 1 is 1.64 bits per heavy atom. The number of hydrogen-bond donors (Lipinski definition) is 0. The highest BCUT2D eigenvalue weighted by Gasteiger charge is 2.06. The molecule has 0 aliphatic rings. The molecule has 4 heteroatoms. The van der Waals surface area contributed by atoms with Crippen LogP contribution in [0.25, 0.3) is 0 Å². The molecule has 0 radical (unpaired) electrons. The van der Waals surface area contributed by atoms with Crippen LogP contribution in [0.2, 0.25) is 0 Å². The van der Waals surface area contributed by atoms with Crippen molar-refractivity contribution in [2.75, 3.05) is 5.33 Å². The molecule has 0 amide bonds. The number of nitrogens with zero attached hydrogens (tertiary/aromatic N) is 2. The van der Waals surface area contributed by atoms with Gasteiger partial charge in [-0.15, -0.1) is 0 Å². The molecule has 0 aliphatic heterocycles. The van der Waals surface area contributed by atoms with Crippen molar-refractivity contribution in [2.24, 2.45) is 5.92 Å². The molecule has 0 saturated heterocycles. The molecule has 1 rings (SSSR count). The van der Waals surface area contributed by atoms with Crippen LogP contribution in [0.3, 0.4) is 0 Å². The number of alkyl halides is 1. The molecule has 14 heavy (non-hydrogen) atoms. The predicted molar refractivity (Wildman–Crippen MR) is 60.8 cm³/mol. The first-order chi connectivity index (χ1) is 6.67. The lowest BCUT2D eigenvalue weighted by molar-refractivity contribution is 0.463. The van der Waals surface area contributed by atoms with Crippen molar-refractivity contribution >= 4 is 15.9 Å². The average molecular weight is 259 g/mol. The minimum Gasteiger partial charge on any atom is -0.299 e. The predicted octanol–water partition coefficient (Wildman–Crippen LogP) is 1.97. The van der Waals surface area contributed by atoms with Crippen molar-refractivity contribution in [3.05, 3.63) is 28.4 Å². The summed E-state index contributed by atoms with van der Waals surface area (Å²) in [6.07, 6.45) is 4.53. The summed E-state index contributed by atoms with van der Waals surface area (Å²) in [5.74, 6) is 0.497. The fraction of sp³-hybridized carbons (Fsp3) is 0.600. The van der Waals surface area contributed by atoms with E-state index in [4.69, 9.17) is 0 Å². The van der Waals surface area contributed by atoms with Crippen LogP contribution in [0.5, 0.6) is 0 Å². The molecule has 0 aliphatic carbocycles. The van der Waals surface area contributed by atoms with E-state index in [0.29, 0.717) is 5.92 Å². The minimum absolute atomic E-state index is 0.157. The van der Waals surface area contributed by atoms with Crippen LogP contribution in [0.4, 0.5) is 0 Å². The second-order valence-corrected chi connectivity index (χ2v) is 4.14. The van der Waals surface area contributed by atoms with Crippen LogP contribution in [-0.2, 0) is 6.54 Å². The molecule has 3 nitrogen and oxygen atoms in total. The highest BCUT2D eigenvalue weighted by Crippen LogP contribution is 2.08. The van der Waals surface area contributed by atoms with E-state index in [2.05, 4.69) is 27.8 Å². The summed E-state index contributed by atoms with van der Waals surface area (Å²) in [6, 6.07) is 0. The first-order valence-corrected chi connectivity index (χ1v) is 5.88. The van der Waals surface area contributed by atoms with E-state index in [1.54, 1.807) is 10.8 Å². The SMILES string of the molecule is CCC(CBr)Cn1cc(C)cnc1=O. The van der Waals surface area contributed by atoms with Crippen LogP contribution in [0, 0.1) is 12.8 Å². The van der Waals surface area contributed by atoms with Gasteiger partial charge in [0.15, 0.2) is 0 Å².